The van der Waals surface area contributed by atoms with Crippen LogP contribution in [0.25, 0.3) is 0 Å². The maximum Gasteiger partial charge on any atom is 0.233 e. The van der Waals surface area contributed by atoms with Crippen LogP contribution in [0, 0.1) is 5.92 Å². The molecule has 0 fully saturated rings. The summed E-state index contributed by atoms with van der Waals surface area (Å²) in [6.45, 7) is 0.0311. The Kier molecular flexibility index (Phi) is 3.39. The van der Waals surface area contributed by atoms with E-state index >= 15 is 0 Å². The molecule has 0 bridgehead atoms. The van der Waals surface area contributed by atoms with E-state index in [-0.39, 0.29) is 18.4 Å². The van der Waals surface area contributed by atoms with Crippen LogP contribution >= 0.6 is 0 Å². The van der Waals surface area contributed by atoms with E-state index in [1.54, 1.807) is 0 Å². The van der Waals surface area contributed by atoms with E-state index in [9.17, 15) is 9.59 Å². The Morgan fingerprint density at radius 2 is 2.24 bits per heavy atom. The second-order valence-electron chi connectivity index (χ2n) is 4.11. The first-order valence-corrected chi connectivity index (χ1v) is 5.50. The summed E-state index contributed by atoms with van der Waals surface area (Å²) in [5.74, 6) is -0.534. The molecule has 0 radical (unpaired) electrons. The van der Waals surface area contributed by atoms with Gasteiger partial charge in [-0.05, 0) is 24.5 Å². The minimum absolute atomic E-state index is 0.0311. The van der Waals surface area contributed by atoms with Gasteiger partial charge in [-0.25, -0.2) is 5.06 Å². The second kappa shape index (κ2) is 4.97. The van der Waals surface area contributed by atoms with Crippen molar-refractivity contribution in [2.45, 2.75) is 12.8 Å². The molecule has 0 spiro atoms. The summed E-state index contributed by atoms with van der Waals surface area (Å²) in [5.41, 5.74) is 1.90. The molecular weight excluding hydrogens is 220 g/mol. The van der Waals surface area contributed by atoms with Gasteiger partial charge >= 0.3 is 0 Å². The highest BCUT2D eigenvalue weighted by molar-refractivity contribution is 5.94. The molecule has 0 saturated carbocycles. The molecule has 0 saturated heterocycles. The van der Waals surface area contributed by atoms with Crippen LogP contribution in [0.4, 0.5) is 5.69 Å². The van der Waals surface area contributed by atoms with E-state index in [4.69, 9.17) is 5.21 Å². The topological polar surface area (TPSA) is 69.6 Å². The predicted octanol–water partition coefficient (Wildman–Crippen LogP) is 1.04. The summed E-state index contributed by atoms with van der Waals surface area (Å²) < 4.78 is 0. The SMILES string of the molecule is O=CN(O)CC1CCc2ccccc2NC1=O. The number of benzene rings is 1. The lowest BCUT2D eigenvalue weighted by atomic mass is 10.0. The third-order valence-corrected chi connectivity index (χ3v) is 2.94. The number of rotatable bonds is 3. The molecule has 1 aliphatic rings. The van der Waals surface area contributed by atoms with Crippen LogP contribution in [0.5, 0.6) is 0 Å². The van der Waals surface area contributed by atoms with Crippen molar-refractivity contribution < 1.29 is 14.8 Å². The number of amides is 2. The van der Waals surface area contributed by atoms with Crippen LogP contribution in [-0.2, 0) is 16.0 Å². The highest BCUT2D eigenvalue weighted by Gasteiger charge is 2.24. The Balaban J connectivity index is 2.12. The van der Waals surface area contributed by atoms with E-state index in [0.29, 0.717) is 17.9 Å². The van der Waals surface area contributed by atoms with E-state index in [0.717, 1.165) is 17.7 Å². The minimum atomic E-state index is -0.377. The maximum absolute atomic E-state index is 11.9. The number of para-hydroxylation sites is 1. The lowest BCUT2D eigenvalue weighted by molar-refractivity contribution is -0.153. The maximum atomic E-state index is 11.9. The number of carbonyl (C=O) groups is 2. The van der Waals surface area contributed by atoms with Crippen molar-refractivity contribution in [3.63, 3.8) is 0 Å². The number of anilines is 1. The molecule has 2 N–H and O–H groups in total. The fourth-order valence-electron chi connectivity index (χ4n) is 2.00. The summed E-state index contributed by atoms with van der Waals surface area (Å²) in [4.78, 5) is 22.2. The molecule has 5 heteroatoms. The Hall–Kier alpha value is -1.88. The number of nitrogens with zero attached hydrogens (tertiary/aromatic N) is 1. The van der Waals surface area contributed by atoms with E-state index < -0.39 is 0 Å². The Morgan fingerprint density at radius 1 is 1.47 bits per heavy atom. The quantitative estimate of drug-likeness (QED) is 0.466. The van der Waals surface area contributed by atoms with Gasteiger partial charge in [-0.15, -0.1) is 0 Å². The van der Waals surface area contributed by atoms with Gasteiger partial charge in [0.05, 0.1) is 12.5 Å². The summed E-state index contributed by atoms with van der Waals surface area (Å²) in [7, 11) is 0. The first kappa shape index (κ1) is 11.6. The molecule has 1 unspecified atom stereocenters. The monoisotopic (exact) mass is 234 g/mol. The van der Waals surface area contributed by atoms with Crippen LogP contribution in [0.15, 0.2) is 24.3 Å². The number of carbonyl (C=O) groups excluding carboxylic acids is 2. The molecule has 1 aliphatic heterocycles. The molecular formula is C12H14N2O3. The van der Waals surface area contributed by atoms with Crippen molar-refractivity contribution in [1.29, 1.82) is 0 Å². The van der Waals surface area contributed by atoms with Crippen LogP contribution in [0.1, 0.15) is 12.0 Å². The van der Waals surface area contributed by atoms with Crippen molar-refractivity contribution in [2.24, 2.45) is 5.92 Å². The van der Waals surface area contributed by atoms with Crippen molar-refractivity contribution in [1.82, 2.24) is 5.06 Å². The molecule has 0 aromatic heterocycles. The van der Waals surface area contributed by atoms with Gasteiger partial charge in [-0.1, -0.05) is 18.2 Å². The van der Waals surface area contributed by atoms with Gasteiger partial charge in [0.1, 0.15) is 0 Å². The van der Waals surface area contributed by atoms with Gasteiger partial charge in [0, 0.05) is 5.69 Å². The highest BCUT2D eigenvalue weighted by atomic mass is 16.5. The number of aryl methyl sites for hydroxylation is 1. The molecule has 17 heavy (non-hydrogen) atoms. The average Bonchev–Trinajstić information content (AvgIpc) is 2.49. The van der Waals surface area contributed by atoms with Crippen molar-refractivity contribution in [3.05, 3.63) is 29.8 Å². The van der Waals surface area contributed by atoms with Crippen molar-refractivity contribution in [2.75, 3.05) is 11.9 Å². The minimum Gasteiger partial charge on any atom is -0.326 e. The molecule has 0 aliphatic carbocycles. The zero-order valence-corrected chi connectivity index (χ0v) is 9.30. The molecule has 2 amide bonds. The molecule has 1 heterocycles. The molecule has 1 aromatic carbocycles. The zero-order chi connectivity index (χ0) is 12.3. The molecule has 90 valence electrons. The summed E-state index contributed by atoms with van der Waals surface area (Å²) in [6, 6.07) is 7.61. The van der Waals surface area contributed by atoms with Gasteiger partial charge in [-0.3, -0.25) is 14.8 Å². The van der Waals surface area contributed by atoms with Gasteiger partial charge in [0.2, 0.25) is 12.3 Å². The number of hydrogen-bond donors (Lipinski definition) is 2. The smallest absolute Gasteiger partial charge is 0.233 e. The van der Waals surface area contributed by atoms with Crippen LogP contribution < -0.4 is 5.32 Å². The van der Waals surface area contributed by atoms with Gasteiger partial charge in [-0.2, -0.15) is 0 Å². The number of nitrogens with one attached hydrogen (secondary N) is 1. The third-order valence-electron chi connectivity index (χ3n) is 2.94. The summed E-state index contributed by atoms with van der Waals surface area (Å²) >= 11 is 0. The lowest BCUT2D eigenvalue weighted by Crippen LogP contribution is -2.32. The first-order valence-electron chi connectivity index (χ1n) is 5.50. The Bertz CT molecular complexity index is 434. The molecule has 1 aromatic rings. The zero-order valence-electron chi connectivity index (χ0n) is 9.30. The van der Waals surface area contributed by atoms with E-state index in [1.165, 1.54) is 0 Å². The Labute approximate surface area is 99.0 Å². The van der Waals surface area contributed by atoms with Crippen molar-refractivity contribution >= 4 is 18.0 Å². The largest absolute Gasteiger partial charge is 0.326 e. The second-order valence-corrected chi connectivity index (χ2v) is 4.11. The summed E-state index contributed by atoms with van der Waals surface area (Å²) in [5, 5.41) is 12.4. The number of fused-ring (bicyclic) bond motifs is 1. The van der Waals surface area contributed by atoms with Gasteiger partial charge in [0.15, 0.2) is 0 Å². The first-order chi connectivity index (χ1) is 8.20. The summed E-state index contributed by atoms with van der Waals surface area (Å²) in [6.07, 6.45) is 1.69. The predicted molar refractivity (Wildman–Crippen MR) is 61.4 cm³/mol. The lowest BCUT2D eigenvalue weighted by Gasteiger charge is -2.16. The van der Waals surface area contributed by atoms with Crippen molar-refractivity contribution in [3.8, 4) is 0 Å². The Morgan fingerprint density at radius 3 is 3.00 bits per heavy atom. The highest BCUT2D eigenvalue weighted by Crippen LogP contribution is 2.24. The normalized spacial score (nSPS) is 18.9. The van der Waals surface area contributed by atoms with E-state index in [2.05, 4.69) is 5.32 Å². The third kappa shape index (κ3) is 2.62. The van der Waals surface area contributed by atoms with Gasteiger partial charge in [0.25, 0.3) is 0 Å². The molecule has 1 atom stereocenters. The fourth-order valence-corrected chi connectivity index (χ4v) is 2.00. The average molecular weight is 234 g/mol. The van der Waals surface area contributed by atoms with Crippen LogP contribution in [0.3, 0.4) is 0 Å². The molecule has 5 nitrogen and oxygen atoms in total. The van der Waals surface area contributed by atoms with E-state index in [1.807, 2.05) is 24.3 Å². The number of hydrogen-bond acceptors (Lipinski definition) is 3. The van der Waals surface area contributed by atoms with Crippen LogP contribution in [-0.4, -0.2) is 29.1 Å². The molecule has 2 rings (SSSR count). The number of hydroxylamine groups is 2. The fraction of sp³-hybridized carbons (Fsp3) is 0.333. The van der Waals surface area contributed by atoms with Gasteiger partial charge < -0.3 is 5.32 Å². The van der Waals surface area contributed by atoms with Crippen LogP contribution in [0.2, 0.25) is 0 Å². The standard InChI is InChI=1S/C12H14N2O3/c15-8-14(17)7-10-6-5-9-3-1-2-4-11(9)13-12(10)16/h1-4,8,10,17H,5-7H2,(H,13,16).